The van der Waals surface area contributed by atoms with Crippen LogP contribution in [0.2, 0.25) is 0 Å². The van der Waals surface area contributed by atoms with Gasteiger partial charge in [-0.2, -0.15) is 0 Å². The van der Waals surface area contributed by atoms with Gasteiger partial charge < -0.3 is 0 Å². The number of nitrogens with zero attached hydrogens (tertiary/aromatic N) is 1. The molecule has 0 radical (unpaired) electrons. The number of hydrogen-bond acceptors (Lipinski definition) is 2. The van der Waals surface area contributed by atoms with Crippen molar-refractivity contribution in [2.45, 2.75) is 32.1 Å². The third-order valence-electron chi connectivity index (χ3n) is 4.48. The maximum absolute atomic E-state index is 11.1. The van der Waals surface area contributed by atoms with E-state index < -0.39 is 0 Å². The van der Waals surface area contributed by atoms with Crippen LogP contribution in [-0.4, -0.2) is 30.3 Å². The van der Waals surface area contributed by atoms with Crippen LogP contribution in [0.4, 0.5) is 0 Å². The average molecular weight is 193 g/mol. The molecule has 0 aromatic heterocycles. The lowest BCUT2D eigenvalue weighted by Crippen LogP contribution is -2.30. The summed E-state index contributed by atoms with van der Waals surface area (Å²) in [5.74, 6) is 3.44. The molecule has 2 aliphatic carbocycles. The van der Waals surface area contributed by atoms with Crippen LogP contribution in [0.25, 0.3) is 0 Å². The van der Waals surface area contributed by atoms with Gasteiger partial charge in [-0.25, -0.2) is 0 Å². The number of Topliss-reactive ketones (excluding diaryl/α,β-unsaturated/α-hetero) is 1. The fraction of sp³-hybridized carbons (Fsp3) is 0.917. The summed E-state index contributed by atoms with van der Waals surface area (Å²) in [5, 5.41) is 0. The minimum absolute atomic E-state index is 0.452. The second kappa shape index (κ2) is 3.34. The Morgan fingerprint density at radius 2 is 2.21 bits per heavy atom. The van der Waals surface area contributed by atoms with Gasteiger partial charge in [0.05, 0.1) is 6.54 Å². The van der Waals surface area contributed by atoms with Crippen LogP contribution >= 0.6 is 0 Å². The molecule has 3 aliphatic rings. The molecule has 2 bridgehead atoms. The number of rotatable bonds is 2. The Labute approximate surface area is 85.7 Å². The van der Waals surface area contributed by atoms with Crippen LogP contribution in [-0.2, 0) is 4.79 Å². The maximum Gasteiger partial charge on any atom is 0.148 e. The molecule has 0 spiro atoms. The van der Waals surface area contributed by atoms with Gasteiger partial charge in [-0.1, -0.05) is 6.42 Å². The number of hydrogen-bond donors (Lipinski definition) is 0. The fourth-order valence-corrected chi connectivity index (χ4v) is 3.78. The third kappa shape index (κ3) is 1.50. The molecule has 1 saturated heterocycles. The Bertz CT molecular complexity index is 251. The third-order valence-corrected chi connectivity index (χ3v) is 4.48. The summed E-state index contributed by atoms with van der Waals surface area (Å²) in [7, 11) is 0. The first-order chi connectivity index (χ1) is 6.81. The zero-order valence-corrected chi connectivity index (χ0v) is 8.74. The molecule has 2 nitrogen and oxygen atoms in total. The maximum atomic E-state index is 11.1. The van der Waals surface area contributed by atoms with Crippen molar-refractivity contribution in [3.05, 3.63) is 0 Å². The molecular weight excluding hydrogens is 174 g/mol. The summed E-state index contributed by atoms with van der Waals surface area (Å²) in [6.07, 6.45) is 6.71. The largest absolute Gasteiger partial charge is 0.298 e. The molecule has 0 aromatic rings. The number of fused-ring (bicyclic) bond motifs is 2. The normalized spacial score (nSPS) is 42.6. The van der Waals surface area contributed by atoms with Gasteiger partial charge in [0.25, 0.3) is 0 Å². The molecule has 3 fully saturated rings. The smallest absolute Gasteiger partial charge is 0.148 e. The van der Waals surface area contributed by atoms with Crippen LogP contribution in [0.15, 0.2) is 0 Å². The molecule has 14 heavy (non-hydrogen) atoms. The van der Waals surface area contributed by atoms with Crippen molar-refractivity contribution in [3.63, 3.8) is 0 Å². The Morgan fingerprint density at radius 3 is 2.79 bits per heavy atom. The van der Waals surface area contributed by atoms with Gasteiger partial charge in [0, 0.05) is 19.5 Å². The summed E-state index contributed by atoms with van der Waals surface area (Å²) in [4.78, 5) is 13.5. The van der Waals surface area contributed by atoms with Crippen molar-refractivity contribution in [2.75, 3.05) is 19.6 Å². The van der Waals surface area contributed by atoms with E-state index >= 15 is 0 Å². The zero-order chi connectivity index (χ0) is 9.54. The second-order valence-electron chi connectivity index (χ2n) is 5.46. The van der Waals surface area contributed by atoms with Crippen molar-refractivity contribution < 1.29 is 4.79 Å². The van der Waals surface area contributed by atoms with E-state index in [1.54, 1.807) is 0 Å². The average Bonchev–Trinajstić information content (AvgIpc) is 2.82. The molecule has 0 amide bonds. The van der Waals surface area contributed by atoms with Gasteiger partial charge in [-0.15, -0.1) is 0 Å². The second-order valence-corrected chi connectivity index (χ2v) is 5.46. The monoisotopic (exact) mass is 193 g/mol. The lowest BCUT2D eigenvalue weighted by atomic mass is 9.88. The minimum atomic E-state index is 0.452. The molecule has 0 aromatic carbocycles. The molecule has 1 aliphatic heterocycles. The van der Waals surface area contributed by atoms with Crippen molar-refractivity contribution in [2.24, 2.45) is 17.8 Å². The Morgan fingerprint density at radius 1 is 1.29 bits per heavy atom. The quantitative estimate of drug-likeness (QED) is 0.665. The molecule has 3 atom stereocenters. The van der Waals surface area contributed by atoms with Crippen molar-refractivity contribution in [1.29, 1.82) is 0 Å². The van der Waals surface area contributed by atoms with Crippen LogP contribution < -0.4 is 0 Å². The molecular formula is C12H19NO. The molecule has 2 heteroatoms. The molecule has 0 N–H and O–H groups in total. The van der Waals surface area contributed by atoms with E-state index in [0.29, 0.717) is 5.78 Å². The summed E-state index contributed by atoms with van der Waals surface area (Å²) in [6.45, 7) is 2.99. The minimum Gasteiger partial charge on any atom is -0.298 e. The van der Waals surface area contributed by atoms with E-state index in [1.165, 1.54) is 32.2 Å². The van der Waals surface area contributed by atoms with Crippen LogP contribution in [0.5, 0.6) is 0 Å². The Hall–Kier alpha value is -0.370. The molecule has 2 saturated carbocycles. The van der Waals surface area contributed by atoms with Crippen molar-refractivity contribution in [1.82, 2.24) is 4.90 Å². The molecule has 1 heterocycles. The van der Waals surface area contributed by atoms with Crippen LogP contribution in [0, 0.1) is 17.8 Å². The van der Waals surface area contributed by atoms with E-state index in [2.05, 4.69) is 4.90 Å². The lowest BCUT2D eigenvalue weighted by molar-refractivity contribution is -0.116. The van der Waals surface area contributed by atoms with Gasteiger partial charge in [0.15, 0.2) is 0 Å². The number of ketones is 1. The number of carbonyl (C=O) groups is 1. The van der Waals surface area contributed by atoms with Crippen molar-refractivity contribution in [3.8, 4) is 0 Å². The molecule has 3 unspecified atom stereocenters. The van der Waals surface area contributed by atoms with Crippen LogP contribution in [0.1, 0.15) is 32.1 Å². The van der Waals surface area contributed by atoms with E-state index in [9.17, 15) is 4.79 Å². The van der Waals surface area contributed by atoms with E-state index in [0.717, 1.165) is 37.3 Å². The summed E-state index contributed by atoms with van der Waals surface area (Å²) in [6, 6.07) is 0. The van der Waals surface area contributed by atoms with Crippen molar-refractivity contribution >= 4 is 5.78 Å². The summed E-state index contributed by atoms with van der Waals surface area (Å²) < 4.78 is 0. The van der Waals surface area contributed by atoms with Gasteiger partial charge in [0.2, 0.25) is 0 Å². The Balaban J connectivity index is 1.55. The Kier molecular flexibility index (Phi) is 2.12. The summed E-state index contributed by atoms with van der Waals surface area (Å²) in [5.41, 5.74) is 0. The predicted octanol–water partition coefficient (Wildman–Crippen LogP) is 1.70. The first-order valence-corrected chi connectivity index (χ1v) is 6.05. The number of carbonyl (C=O) groups excluding carboxylic acids is 1. The van der Waals surface area contributed by atoms with Gasteiger partial charge >= 0.3 is 0 Å². The predicted molar refractivity (Wildman–Crippen MR) is 55.0 cm³/mol. The van der Waals surface area contributed by atoms with Gasteiger partial charge in [-0.05, 0) is 37.0 Å². The summed E-state index contributed by atoms with van der Waals surface area (Å²) >= 11 is 0. The highest BCUT2D eigenvalue weighted by Gasteiger charge is 2.40. The molecule has 3 rings (SSSR count). The first kappa shape index (κ1) is 8.90. The first-order valence-electron chi connectivity index (χ1n) is 6.05. The number of likely N-dealkylation sites (tertiary alicyclic amines) is 1. The highest BCUT2D eigenvalue weighted by atomic mass is 16.1. The van der Waals surface area contributed by atoms with E-state index in [1.807, 2.05) is 0 Å². The van der Waals surface area contributed by atoms with Gasteiger partial charge in [0.1, 0.15) is 5.78 Å². The lowest BCUT2D eigenvalue weighted by Gasteiger charge is -2.26. The topological polar surface area (TPSA) is 20.3 Å². The fourth-order valence-electron chi connectivity index (χ4n) is 3.78. The van der Waals surface area contributed by atoms with E-state index in [4.69, 9.17) is 0 Å². The van der Waals surface area contributed by atoms with E-state index in [-0.39, 0.29) is 0 Å². The molecule has 78 valence electrons. The SMILES string of the molecule is O=C1CCN(CC2CC3CCC2C3)C1. The zero-order valence-electron chi connectivity index (χ0n) is 8.74. The van der Waals surface area contributed by atoms with Crippen LogP contribution in [0.3, 0.4) is 0 Å². The highest BCUT2D eigenvalue weighted by Crippen LogP contribution is 2.48. The van der Waals surface area contributed by atoms with Gasteiger partial charge in [-0.3, -0.25) is 9.69 Å². The standard InChI is InChI=1S/C12H19NO/c14-12-3-4-13(8-12)7-11-6-9-1-2-10(11)5-9/h9-11H,1-8H2. The highest BCUT2D eigenvalue weighted by molar-refractivity contribution is 5.82.